The molecule has 1 heterocycles. The average Bonchev–Trinajstić information content (AvgIpc) is 3.25. The van der Waals surface area contributed by atoms with E-state index in [1.165, 1.54) is 19.2 Å². The van der Waals surface area contributed by atoms with Gasteiger partial charge in [0.05, 0.1) is 16.1 Å². The van der Waals surface area contributed by atoms with Crippen molar-refractivity contribution in [2.45, 2.75) is 18.7 Å². The molecule has 162 valence electrons. The van der Waals surface area contributed by atoms with Crippen molar-refractivity contribution in [3.8, 4) is 16.9 Å². The number of rotatable bonds is 5. The zero-order chi connectivity index (χ0) is 22.9. The lowest BCUT2D eigenvalue weighted by Gasteiger charge is -2.17. The van der Waals surface area contributed by atoms with Crippen molar-refractivity contribution in [3.63, 3.8) is 0 Å². The van der Waals surface area contributed by atoms with Crippen molar-refractivity contribution in [1.82, 2.24) is 14.1 Å². The zero-order valence-electron chi connectivity index (χ0n) is 18.1. The van der Waals surface area contributed by atoms with E-state index in [0.29, 0.717) is 5.69 Å². The van der Waals surface area contributed by atoms with Crippen LogP contribution < -0.4 is 0 Å². The second-order valence-electron chi connectivity index (χ2n) is 7.63. The second kappa shape index (κ2) is 8.43. The predicted octanol–water partition coefficient (Wildman–Crippen LogP) is 4.62. The van der Waals surface area contributed by atoms with Gasteiger partial charge in [0.2, 0.25) is 0 Å². The van der Waals surface area contributed by atoms with Gasteiger partial charge in [-0.1, -0.05) is 65.7 Å². The maximum Gasteiger partial charge on any atom is 0.271 e. The van der Waals surface area contributed by atoms with Gasteiger partial charge in [-0.2, -0.15) is 5.10 Å². The standard InChI is InChI=1S/C25H23N3O3S/c1-18-9-13-20(14-10-18)24-23(17-28(26-24)21-7-5-4-6-8-21)25(29)27(3)32(30,31)22-15-11-19(2)12-16-22/h4-17H,1-3H3. The molecule has 4 rings (SSSR count). The highest BCUT2D eigenvalue weighted by molar-refractivity contribution is 7.89. The number of hydrogen-bond donors (Lipinski definition) is 0. The molecule has 0 fully saturated rings. The van der Waals surface area contributed by atoms with Crippen LogP contribution in [0.25, 0.3) is 16.9 Å². The molecular weight excluding hydrogens is 422 g/mol. The second-order valence-corrected chi connectivity index (χ2v) is 9.60. The van der Waals surface area contributed by atoms with Gasteiger partial charge < -0.3 is 0 Å². The molecule has 0 unspecified atom stereocenters. The van der Waals surface area contributed by atoms with Gasteiger partial charge in [0.1, 0.15) is 5.69 Å². The number of para-hydroxylation sites is 1. The van der Waals surface area contributed by atoms with Gasteiger partial charge in [-0.15, -0.1) is 0 Å². The number of amides is 1. The van der Waals surface area contributed by atoms with E-state index in [1.54, 1.807) is 23.0 Å². The maximum atomic E-state index is 13.4. The molecule has 0 saturated carbocycles. The fraction of sp³-hybridized carbons (Fsp3) is 0.120. The van der Waals surface area contributed by atoms with Gasteiger partial charge in [0.25, 0.3) is 15.9 Å². The molecule has 0 atom stereocenters. The van der Waals surface area contributed by atoms with Crippen LogP contribution in [0.15, 0.2) is 90.0 Å². The summed E-state index contributed by atoms with van der Waals surface area (Å²) < 4.78 is 28.6. The van der Waals surface area contributed by atoms with Crippen molar-refractivity contribution in [2.24, 2.45) is 0 Å². The van der Waals surface area contributed by atoms with Gasteiger partial charge in [-0.05, 0) is 38.1 Å². The van der Waals surface area contributed by atoms with Gasteiger partial charge in [0, 0.05) is 18.8 Å². The zero-order valence-corrected chi connectivity index (χ0v) is 18.9. The molecule has 4 aromatic rings. The summed E-state index contributed by atoms with van der Waals surface area (Å²) in [6.45, 7) is 3.84. The minimum atomic E-state index is -4.02. The van der Waals surface area contributed by atoms with Crippen LogP contribution in [0.4, 0.5) is 0 Å². The van der Waals surface area contributed by atoms with Crippen LogP contribution in [0.5, 0.6) is 0 Å². The molecule has 0 N–H and O–H groups in total. The number of nitrogens with zero attached hydrogens (tertiary/aromatic N) is 3. The molecule has 0 radical (unpaired) electrons. The van der Waals surface area contributed by atoms with Gasteiger partial charge >= 0.3 is 0 Å². The predicted molar refractivity (Wildman–Crippen MR) is 124 cm³/mol. The molecule has 3 aromatic carbocycles. The quantitative estimate of drug-likeness (QED) is 0.449. The first-order valence-corrected chi connectivity index (χ1v) is 11.5. The lowest BCUT2D eigenvalue weighted by molar-refractivity contribution is 0.0883. The van der Waals surface area contributed by atoms with Gasteiger partial charge in [-0.25, -0.2) is 17.4 Å². The number of sulfonamides is 1. The van der Waals surface area contributed by atoms with E-state index in [0.717, 1.165) is 26.7 Å². The third kappa shape index (κ3) is 4.07. The topological polar surface area (TPSA) is 72.3 Å². The number of benzene rings is 3. The van der Waals surface area contributed by atoms with Crippen LogP contribution in [0, 0.1) is 13.8 Å². The van der Waals surface area contributed by atoms with E-state index < -0.39 is 15.9 Å². The van der Waals surface area contributed by atoms with E-state index in [-0.39, 0.29) is 10.5 Å². The summed E-state index contributed by atoms with van der Waals surface area (Å²) in [6, 6.07) is 23.4. The summed E-state index contributed by atoms with van der Waals surface area (Å²) >= 11 is 0. The third-order valence-electron chi connectivity index (χ3n) is 5.26. The summed E-state index contributed by atoms with van der Waals surface area (Å²) in [5, 5.41) is 4.62. The number of carbonyl (C=O) groups is 1. The molecule has 0 bridgehead atoms. The van der Waals surface area contributed by atoms with E-state index in [9.17, 15) is 13.2 Å². The molecule has 0 aliphatic heterocycles. The first-order chi connectivity index (χ1) is 15.3. The van der Waals surface area contributed by atoms with Crippen molar-refractivity contribution < 1.29 is 13.2 Å². The molecule has 32 heavy (non-hydrogen) atoms. The van der Waals surface area contributed by atoms with Crippen molar-refractivity contribution >= 4 is 15.9 Å². The fourth-order valence-corrected chi connectivity index (χ4v) is 4.43. The Kier molecular flexibility index (Phi) is 5.67. The van der Waals surface area contributed by atoms with E-state index in [1.807, 2.05) is 68.4 Å². The van der Waals surface area contributed by atoms with Crippen LogP contribution in [0.1, 0.15) is 21.5 Å². The summed E-state index contributed by atoms with van der Waals surface area (Å²) in [7, 11) is -2.74. The van der Waals surface area contributed by atoms with Crippen LogP contribution in [0.3, 0.4) is 0 Å². The summed E-state index contributed by atoms with van der Waals surface area (Å²) in [5.74, 6) is -0.650. The molecule has 0 aliphatic rings. The lowest BCUT2D eigenvalue weighted by Crippen LogP contribution is -2.33. The fourth-order valence-electron chi connectivity index (χ4n) is 3.32. The molecule has 0 spiro atoms. The van der Waals surface area contributed by atoms with Crippen LogP contribution in [-0.4, -0.2) is 35.5 Å². The van der Waals surface area contributed by atoms with Crippen LogP contribution in [-0.2, 0) is 10.0 Å². The number of aryl methyl sites for hydroxylation is 2. The first-order valence-electron chi connectivity index (χ1n) is 10.1. The number of hydrogen-bond acceptors (Lipinski definition) is 4. The van der Waals surface area contributed by atoms with Crippen LogP contribution in [0.2, 0.25) is 0 Å². The SMILES string of the molecule is Cc1ccc(-c2nn(-c3ccccc3)cc2C(=O)N(C)S(=O)(=O)c2ccc(C)cc2)cc1. The smallest absolute Gasteiger partial charge is 0.268 e. The molecule has 6 nitrogen and oxygen atoms in total. The molecule has 1 aromatic heterocycles. The molecule has 0 saturated heterocycles. The number of aromatic nitrogens is 2. The lowest BCUT2D eigenvalue weighted by atomic mass is 10.1. The molecule has 1 amide bonds. The molecular formula is C25H23N3O3S. The van der Waals surface area contributed by atoms with Crippen molar-refractivity contribution in [2.75, 3.05) is 7.05 Å². The van der Waals surface area contributed by atoms with Crippen molar-refractivity contribution in [1.29, 1.82) is 0 Å². The Morgan fingerprint density at radius 2 is 1.41 bits per heavy atom. The minimum Gasteiger partial charge on any atom is -0.268 e. The Morgan fingerprint density at radius 3 is 2.00 bits per heavy atom. The first kappa shape index (κ1) is 21.5. The Morgan fingerprint density at radius 1 is 0.844 bits per heavy atom. The number of carbonyl (C=O) groups excluding carboxylic acids is 1. The highest BCUT2D eigenvalue weighted by atomic mass is 32.2. The normalized spacial score (nSPS) is 11.3. The summed E-state index contributed by atoms with van der Waals surface area (Å²) in [5.41, 5.74) is 4.13. The van der Waals surface area contributed by atoms with Crippen LogP contribution >= 0.6 is 0 Å². The Bertz CT molecular complexity index is 1360. The summed E-state index contributed by atoms with van der Waals surface area (Å²) in [6.07, 6.45) is 1.58. The summed E-state index contributed by atoms with van der Waals surface area (Å²) in [4.78, 5) is 13.5. The van der Waals surface area contributed by atoms with E-state index in [4.69, 9.17) is 0 Å². The van der Waals surface area contributed by atoms with Gasteiger partial charge in [-0.3, -0.25) is 4.79 Å². The van der Waals surface area contributed by atoms with Crippen molar-refractivity contribution in [3.05, 3.63) is 102 Å². The van der Waals surface area contributed by atoms with E-state index >= 15 is 0 Å². The Labute approximate surface area is 187 Å². The Hall–Kier alpha value is -3.71. The minimum absolute atomic E-state index is 0.0614. The van der Waals surface area contributed by atoms with E-state index in [2.05, 4.69) is 5.10 Å². The monoisotopic (exact) mass is 445 g/mol. The average molecular weight is 446 g/mol. The maximum absolute atomic E-state index is 13.4. The molecule has 7 heteroatoms. The highest BCUT2D eigenvalue weighted by Gasteiger charge is 2.30. The Balaban J connectivity index is 1.80. The highest BCUT2D eigenvalue weighted by Crippen LogP contribution is 2.27. The molecule has 0 aliphatic carbocycles. The largest absolute Gasteiger partial charge is 0.271 e. The van der Waals surface area contributed by atoms with Gasteiger partial charge in [0.15, 0.2) is 0 Å². The third-order valence-corrected chi connectivity index (χ3v) is 7.01.